The third-order valence-electron chi connectivity index (χ3n) is 4.90. The Labute approximate surface area is 179 Å². The molecule has 1 N–H and O–H groups in total. The molecule has 156 valence electrons. The molecule has 0 saturated carbocycles. The van der Waals surface area contributed by atoms with Crippen molar-refractivity contribution in [3.63, 3.8) is 0 Å². The highest BCUT2D eigenvalue weighted by Crippen LogP contribution is 2.18. The highest BCUT2D eigenvalue weighted by atomic mass is 35.5. The molecule has 0 aliphatic carbocycles. The lowest BCUT2D eigenvalue weighted by molar-refractivity contribution is -0.139. The number of hydrogen-bond donors (Lipinski definition) is 1. The van der Waals surface area contributed by atoms with E-state index in [1.54, 1.807) is 11.8 Å². The molecule has 2 aromatic carbocycles. The van der Waals surface area contributed by atoms with E-state index in [1.807, 2.05) is 68.4 Å². The zero-order valence-electron chi connectivity index (χ0n) is 17.5. The first-order valence-corrected chi connectivity index (χ1v) is 10.6. The first-order chi connectivity index (χ1) is 13.9. The van der Waals surface area contributed by atoms with Crippen molar-refractivity contribution in [2.24, 2.45) is 5.92 Å². The van der Waals surface area contributed by atoms with Crippen molar-refractivity contribution < 1.29 is 9.59 Å². The van der Waals surface area contributed by atoms with Gasteiger partial charge < -0.3 is 10.2 Å². The third-order valence-corrected chi connectivity index (χ3v) is 5.27. The number of nitrogens with zero attached hydrogens (tertiary/aromatic N) is 1. The van der Waals surface area contributed by atoms with E-state index in [0.29, 0.717) is 43.3 Å². The van der Waals surface area contributed by atoms with Crippen molar-refractivity contribution in [1.82, 2.24) is 10.2 Å². The van der Waals surface area contributed by atoms with Crippen molar-refractivity contribution in [3.8, 4) is 0 Å². The molecule has 0 aliphatic heterocycles. The molecule has 0 heterocycles. The molecule has 0 fully saturated rings. The summed E-state index contributed by atoms with van der Waals surface area (Å²) in [7, 11) is 0. The topological polar surface area (TPSA) is 49.4 Å². The lowest BCUT2D eigenvalue weighted by Gasteiger charge is -2.29. The summed E-state index contributed by atoms with van der Waals surface area (Å²) in [6.07, 6.45) is 1.58. The molecule has 4 nitrogen and oxygen atoms in total. The zero-order chi connectivity index (χ0) is 21.2. The fourth-order valence-electron chi connectivity index (χ4n) is 3.11. The summed E-state index contributed by atoms with van der Waals surface area (Å²) in [6, 6.07) is 17.1. The predicted molar refractivity (Wildman–Crippen MR) is 119 cm³/mol. The van der Waals surface area contributed by atoms with Gasteiger partial charge in [0, 0.05) is 24.5 Å². The first kappa shape index (κ1) is 23.0. The van der Waals surface area contributed by atoms with Crippen LogP contribution < -0.4 is 5.32 Å². The Morgan fingerprint density at radius 2 is 1.62 bits per heavy atom. The Hall–Kier alpha value is -2.33. The van der Waals surface area contributed by atoms with E-state index in [-0.39, 0.29) is 11.8 Å². The molecular formula is C24H31ClN2O2. The SMILES string of the molecule is CC(C)CNC(=O)[C@H](C)N(CCc1ccccc1)C(=O)CCc1ccccc1Cl. The van der Waals surface area contributed by atoms with Gasteiger partial charge in [-0.3, -0.25) is 9.59 Å². The minimum atomic E-state index is -0.517. The van der Waals surface area contributed by atoms with Crippen LogP contribution in [0.4, 0.5) is 0 Å². The fraction of sp³-hybridized carbons (Fsp3) is 0.417. The standard InChI is InChI=1S/C24H31ClN2O2/c1-18(2)17-26-24(29)19(3)27(16-15-20-9-5-4-6-10-20)23(28)14-13-21-11-7-8-12-22(21)25/h4-12,18-19H,13-17H2,1-3H3,(H,26,29)/t19-/m0/s1. The Kier molecular flexibility index (Phi) is 9.20. The van der Waals surface area contributed by atoms with E-state index < -0.39 is 6.04 Å². The van der Waals surface area contributed by atoms with Crippen LogP contribution >= 0.6 is 11.6 Å². The van der Waals surface area contributed by atoms with E-state index in [0.717, 1.165) is 11.1 Å². The molecule has 29 heavy (non-hydrogen) atoms. The summed E-state index contributed by atoms with van der Waals surface area (Å²) < 4.78 is 0. The Balaban J connectivity index is 2.06. The summed E-state index contributed by atoms with van der Waals surface area (Å²) in [5, 5.41) is 3.61. The molecule has 0 unspecified atom stereocenters. The van der Waals surface area contributed by atoms with Crippen LogP contribution in [0.25, 0.3) is 0 Å². The highest BCUT2D eigenvalue weighted by Gasteiger charge is 2.25. The van der Waals surface area contributed by atoms with Gasteiger partial charge >= 0.3 is 0 Å². The number of hydrogen-bond acceptors (Lipinski definition) is 2. The number of carbonyl (C=O) groups is 2. The van der Waals surface area contributed by atoms with Crippen LogP contribution in [0, 0.1) is 5.92 Å². The van der Waals surface area contributed by atoms with Crippen molar-refractivity contribution >= 4 is 23.4 Å². The Morgan fingerprint density at radius 3 is 2.28 bits per heavy atom. The summed E-state index contributed by atoms with van der Waals surface area (Å²) >= 11 is 6.22. The van der Waals surface area contributed by atoms with Gasteiger partial charge in [0.05, 0.1) is 0 Å². The number of nitrogens with one attached hydrogen (secondary N) is 1. The van der Waals surface area contributed by atoms with Crippen LogP contribution in [0.2, 0.25) is 5.02 Å². The summed E-state index contributed by atoms with van der Waals surface area (Å²) in [5.41, 5.74) is 2.09. The molecule has 0 aromatic heterocycles. The number of halogens is 1. The van der Waals surface area contributed by atoms with Crippen LogP contribution in [0.3, 0.4) is 0 Å². The highest BCUT2D eigenvalue weighted by molar-refractivity contribution is 6.31. The minimum absolute atomic E-state index is 0.0342. The molecule has 0 bridgehead atoms. The van der Waals surface area contributed by atoms with E-state index in [9.17, 15) is 9.59 Å². The number of aryl methyl sites for hydroxylation is 1. The average molecular weight is 415 g/mol. The number of amides is 2. The summed E-state index contributed by atoms with van der Waals surface area (Å²) in [5.74, 6) is 0.214. The lowest BCUT2D eigenvalue weighted by Crippen LogP contribution is -2.49. The summed E-state index contributed by atoms with van der Waals surface area (Å²) in [6.45, 7) is 7.00. The van der Waals surface area contributed by atoms with Crippen LogP contribution in [0.15, 0.2) is 54.6 Å². The zero-order valence-corrected chi connectivity index (χ0v) is 18.3. The molecule has 2 amide bonds. The molecule has 2 aromatic rings. The second-order valence-electron chi connectivity index (χ2n) is 7.73. The molecule has 1 atom stereocenters. The molecule has 5 heteroatoms. The van der Waals surface area contributed by atoms with Crippen LogP contribution in [0.1, 0.15) is 38.3 Å². The monoisotopic (exact) mass is 414 g/mol. The maximum absolute atomic E-state index is 13.0. The van der Waals surface area contributed by atoms with Gasteiger partial charge in [-0.2, -0.15) is 0 Å². The van der Waals surface area contributed by atoms with Crippen molar-refractivity contribution in [1.29, 1.82) is 0 Å². The molecule has 0 radical (unpaired) electrons. The van der Waals surface area contributed by atoms with Gasteiger partial charge in [-0.25, -0.2) is 0 Å². The van der Waals surface area contributed by atoms with Crippen LogP contribution in [0.5, 0.6) is 0 Å². The van der Waals surface area contributed by atoms with E-state index >= 15 is 0 Å². The largest absolute Gasteiger partial charge is 0.354 e. The van der Waals surface area contributed by atoms with E-state index in [1.165, 1.54) is 0 Å². The number of rotatable bonds is 10. The smallest absolute Gasteiger partial charge is 0.242 e. The maximum Gasteiger partial charge on any atom is 0.242 e. The quantitative estimate of drug-likeness (QED) is 0.622. The maximum atomic E-state index is 13.0. The first-order valence-electron chi connectivity index (χ1n) is 10.2. The Bertz CT molecular complexity index is 792. The molecule has 0 aliphatic rings. The molecular weight excluding hydrogens is 384 g/mol. The average Bonchev–Trinajstić information content (AvgIpc) is 2.72. The third kappa shape index (κ3) is 7.54. The Morgan fingerprint density at radius 1 is 0.966 bits per heavy atom. The van der Waals surface area contributed by atoms with Crippen molar-refractivity contribution in [2.45, 2.75) is 46.1 Å². The van der Waals surface area contributed by atoms with Gasteiger partial charge in [0.1, 0.15) is 6.04 Å². The normalized spacial score (nSPS) is 11.9. The van der Waals surface area contributed by atoms with Gasteiger partial charge in [0.2, 0.25) is 11.8 Å². The van der Waals surface area contributed by atoms with E-state index in [2.05, 4.69) is 5.32 Å². The van der Waals surface area contributed by atoms with Gasteiger partial charge in [-0.15, -0.1) is 0 Å². The van der Waals surface area contributed by atoms with Crippen LogP contribution in [-0.4, -0.2) is 35.8 Å². The molecule has 2 rings (SSSR count). The van der Waals surface area contributed by atoms with Gasteiger partial charge in [0.25, 0.3) is 0 Å². The van der Waals surface area contributed by atoms with Crippen molar-refractivity contribution in [3.05, 3.63) is 70.7 Å². The van der Waals surface area contributed by atoms with Gasteiger partial charge in [-0.1, -0.05) is 74.0 Å². The minimum Gasteiger partial charge on any atom is -0.354 e. The number of carbonyl (C=O) groups excluding carboxylic acids is 2. The molecule has 0 saturated heterocycles. The van der Waals surface area contributed by atoms with Crippen molar-refractivity contribution in [2.75, 3.05) is 13.1 Å². The predicted octanol–water partition coefficient (Wildman–Crippen LogP) is 4.50. The van der Waals surface area contributed by atoms with E-state index in [4.69, 9.17) is 11.6 Å². The second-order valence-corrected chi connectivity index (χ2v) is 8.14. The second kappa shape index (κ2) is 11.6. The van der Waals surface area contributed by atoms with Gasteiger partial charge in [0.15, 0.2) is 0 Å². The molecule has 0 spiro atoms. The lowest BCUT2D eigenvalue weighted by atomic mass is 10.1. The fourth-order valence-corrected chi connectivity index (χ4v) is 3.34. The van der Waals surface area contributed by atoms with Gasteiger partial charge in [-0.05, 0) is 42.9 Å². The summed E-state index contributed by atoms with van der Waals surface area (Å²) in [4.78, 5) is 27.3. The number of benzene rings is 2. The van der Waals surface area contributed by atoms with Crippen LogP contribution in [-0.2, 0) is 22.4 Å².